The molecule has 0 unspecified atom stereocenters. The molecule has 3 aromatic heterocycles. The predicted molar refractivity (Wildman–Crippen MR) is 119 cm³/mol. The minimum atomic E-state index is -0.393. The van der Waals surface area contributed by atoms with E-state index in [4.69, 9.17) is 4.42 Å². The molecule has 1 fully saturated rings. The van der Waals surface area contributed by atoms with Gasteiger partial charge in [0.1, 0.15) is 5.58 Å². The van der Waals surface area contributed by atoms with Gasteiger partial charge in [-0.25, -0.2) is 9.78 Å². The van der Waals surface area contributed by atoms with Crippen LogP contribution in [0.15, 0.2) is 45.9 Å². The van der Waals surface area contributed by atoms with Crippen LogP contribution in [-0.2, 0) is 6.42 Å². The van der Waals surface area contributed by atoms with Crippen LogP contribution in [0, 0.1) is 13.8 Å². The first-order valence-corrected chi connectivity index (χ1v) is 10.8. The molecule has 5 rings (SSSR count). The van der Waals surface area contributed by atoms with Crippen LogP contribution in [0.3, 0.4) is 0 Å². The Morgan fingerprint density at radius 2 is 2.06 bits per heavy atom. The average Bonchev–Trinajstić information content (AvgIpc) is 3.38. The minimum Gasteiger partial charge on any atom is -0.422 e. The summed E-state index contributed by atoms with van der Waals surface area (Å²) >= 11 is 0. The highest BCUT2D eigenvalue weighted by Crippen LogP contribution is 2.24. The molecule has 0 aliphatic carbocycles. The van der Waals surface area contributed by atoms with Crippen molar-refractivity contribution in [2.75, 3.05) is 19.7 Å². The molecule has 1 aliphatic heterocycles. The third kappa shape index (κ3) is 3.75. The fourth-order valence-electron chi connectivity index (χ4n) is 4.59. The van der Waals surface area contributed by atoms with E-state index in [2.05, 4.69) is 20.9 Å². The van der Waals surface area contributed by atoms with Gasteiger partial charge in [0.2, 0.25) is 0 Å². The Morgan fingerprint density at radius 3 is 2.90 bits per heavy atom. The van der Waals surface area contributed by atoms with Gasteiger partial charge >= 0.3 is 5.63 Å². The van der Waals surface area contributed by atoms with E-state index in [1.165, 1.54) is 0 Å². The van der Waals surface area contributed by atoms with Crippen molar-refractivity contribution in [1.29, 1.82) is 0 Å². The number of nitrogens with zero attached hydrogens (tertiary/aromatic N) is 4. The second-order valence-electron chi connectivity index (χ2n) is 8.41. The molecule has 1 aromatic carbocycles. The first-order valence-electron chi connectivity index (χ1n) is 10.8. The molecule has 7 heteroatoms. The molecule has 1 aliphatic rings. The van der Waals surface area contributed by atoms with E-state index >= 15 is 0 Å². The molecule has 0 amide bonds. The zero-order valence-electron chi connectivity index (χ0n) is 17.8. The molecule has 1 atom stereocenters. The highest BCUT2D eigenvalue weighted by Gasteiger charge is 2.23. The number of likely N-dealkylation sites (tertiary alicyclic amines) is 1. The second-order valence-corrected chi connectivity index (χ2v) is 8.41. The Bertz CT molecular complexity index is 1320. The monoisotopic (exact) mass is 418 g/mol. The lowest BCUT2D eigenvalue weighted by molar-refractivity contribution is 0.160. The number of aliphatic hydroxyl groups is 1. The summed E-state index contributed by atoms with van der Waals surface area (Å²) in [6.07, 6.45) is 6.80. The highest BCUT2D eigenvalue weighted by molar-refractivity contribution is 5.81. The lowest BCUT2D eigenvalue weighted by atomic mass is 10.1. The van der Waals surface area contributed by atoms with Crippen LogP contribution in [0.4, 0.5) is 0 Å². The summed E-state index contributed by atoms with van der Waals surface area (Å²) in [5.74, 6) is 0. The van der Waals surface area contributed by atoms with Gasteiger partial charge in [-0.3, -0.25) is 9.88 Å². The molecule has 0 bridgehead atoms. The molecule has 1 N–H and O–H groups in total. The number of aryl methyl sites for hydroxylation is 2. The maximum atomic E-state index is 12.8. The number of imidazole rings is 1. The topological polar surface area (TPSA) is 83.9 Å². The fourth-order valence-corrected chi connectivity index (χ4v) is 4.59. The summed E-state index contributed by atoms with van der Waals surface area (Å²) in [4.78, 5) is 24.2. The van der Waals surface area contributed by atoms with E-state index in [0.29, 0.717) is 16.8 Å². The van der Waals surface area contributed by atoms with Gasteiger partial charge in [0, 0.05) is 30.4 Å². The molecule has 0 saturated carbocycles. The molecule has 0 radical (unpaired) electrons. The normalized spacial score (nSPS) is 17.2. The quantitative estimate of drug-likeness (QED) is 0.502. The van der Waals surface area contributed by atoms with E-state index in [-0.39, 0.29) is 12.6 Å². The number of aliphatic hydroxyl groups excluding tert-OH is 1. The van der Waals surface area contributed by atoms with Crippen LogP contribution in [0.25, 0.3) is 27.9 Å². The Kier molecular flexibility index (Phi) is 5.08. The smallest absolute Gasteiger partial charge is 0.345 e. The van der Waals surface area contributed by atoms with E-state index in [1.54, 1.807) is 0 Å². The van der Waals surface area contributed by atoms with Crippen LogP contribution in [-0.4, -0.2) is 50.1 Å². The Hall–Kier alpha value is -3.03. The van der Waals surface area contributed by atoms with Crippen LogP contribution in [0.1, 0.15) is 29.8 Å². The molecule has 31 heavy (non-hydrogen) atoms. The van der Waals surface area contributed by atoms with Crippen LogP contribution in [0.5, 0.6) is 0 Å². The van der Waals surface area contributed by atoms with Crippen molar-refractivity contribution in [2.24, 2.45) is 0 Å². The zero-order chi connectivity index (χ0) is 21.5. The second kappa shape index (κ2) is 7.90. The van der Waals surface area contributed by atoms with Crippen LogP contribution in [0.2, 0.25) is 0 Å². The van der Waals surface area contributed by atoms with Crippen molar-refractivity contribution in [1.82, 2.24) is 19.3 Å². The number of rotatable bonds is 5. The number of fused-ring (bicyclic) bond motifs is 2. The minimum absolute atomic E-state index is 0.216. The largest absolute Gasteiger partial charge is 0.422 e. The van der Waals surface area contributed by atoms with Crippen molar-refractivity contribution >= 4 is 16.6 Å². The molecule has 160 valence electrons. The summed E-state index contributed by atoms with van der Waals surface area (Å²) in [6.45, 7) is 5.99. The van der Waals surface area contributed by atoms with Gasteiger partial charge in [0.25, 0.3) is 0 Å². The van der Waals surface area contributed by atoms with Crippen LogP contribution < -0.4 is 5.63 Å². The summed E-state index contributed by atoms with van der Waals surface area (Å²) in [7, 11) is 0. The first kappa shape index (κ1) is 19.9. The highest BCUT2D eigenvalue weighted by atomic mass is 16.4. The van der Waals surface area contributed by atoms with Crippen LogP contribution >= 0.6 is 0 Å². The van der Waals surface area contributed by atoms with E-state index in [0.717, 1.165) is 60.3 Å². The van der Waals surface area contributed by atoms with Gasteiger partial charge in [0.05, 0.1) is 29.3 Å². The predicted octanol–water partition coefficient (Wildman–Crippen LogP) is 3.12. The molecule has 4 aromatic rings. The number of benzene rings is 1. The van der Waals surface area contributed by atoms with Gasteiger partial charge < -0.3 is 13.9 Å². The molecule has 0 spiro atoms. The first-order chi connectivity index (χ1) is 15.0. The summed E-state index contributed by atoms with van der Waals surface area (Å²) in [6, 6.07) is 8.15. The summed E-state index contributed by atoms with van der Waals surface area (Å²) < 4.78 is 7.58. The third-order valence-electron chi connectivity index (χ3n) is 6.20. The summed E-state index contributed by atoms with van der Waals surface area (Å²) in [5.41, 5.74) is 4.80. The molecular formula is C24H26N4O3. The molecule has 4 heterocycles. The maximum absolute atomic E-state index is 12.8. The van der Waals surface area contributed by atoms with Crippen molar-refractivity contribution in [3.05, 3.63) is 64.0 Å². The average molecular weight is 418 g/mol. The number of hydrogen-bond acceptors (Lipinski definition) is 6. The lowest BCUT2D eigenvalue weighted by Crippen LogP contribution is -2.33. The van der Waals surface area contributed by atoms with Gasteiger partial charge in [0.15, 0.2) is 5.65 Å². The number of hydrogen-bond donors (Lipinski definition) is 1. The van der Waals surface area contributed by atoms with E-state index in [1.807, 2.05) is 48.8 Å². The Labute approximate surface area is 180 Å². The van der Waals surface area contributed by atoms with Crippen molar-refractivity contribution in [3.63, 3.8) is 0 Å². The number of aromatic nitrogens is 3. The van der Waals surface area contributed by atoms with Gasteiger partial charge in [-0.2, -0.15) is 0 Å². The maximum Gasteiger partial charge on any atom is 0.345 e. The molecule has 1 saturated heterocycles. The Morgan fingerprint density at radius 1 is 1.19 bits per heavy atom. The van der Waals surface area contributed by atoms with Gasteiger partial charge in [-0.15, -0.1) is 0 Å². The van der Waals surface area contributed by atoms with Gasteiger partial charge in [-0.1, -0.05) is 12.1 Å². The lowest BCUT2D eigenvalue weighted by Gasteiger charge is -2.22. The van der Waals surface area contributed by atoms with Crippen molar-refractivity contribution < 1.29 is 9.52 Å². The molecular weight excluding hydrogens is 392 g/mol. The van der Waals surface area contributed by atoms with Gasteiger partial charge in [-0.05, 0) is 57.4 Å². The third-order valence-corrected chi connectivity index (χ3v) is 6.20. The fraction of sp³-hybridized carbons (Fsp3) is 0.375. The van der Waals surface area contributed by atoms with Crippen molar-refractivity contribution in [3.8, 4) is 11.3 Å². The summed E-state index contributed by atoms with van der Waals surface area (Å²) in [5, 5.41) is 10.4. The molecule has 7 nitrogen and oxygen atoms in total. The standard InChI is InChI=1S/C24H26N4O3/c1-15-12-28-13-21(26-23(28)16(2)25-15)20-11-18-6-5-17(10-22(18)31-24(20)30)7-9-27-8-3-4-19(27)14-29/h5-6,10-13,19,29H,3-4,7-9,14H2,1-2H3/t19-/m1/s1. The van der Waals surface area contributed by atoms with E-state index in [9.17, 15) is 9.90 Å². The van der Waals surface area contributed by atoms with Crippen molar-refractivity contribution in [2.45, 2.75) is 39.2 Å². The zero-order valence-corrected chi connectivity index (χ0v) is 17.8. The Balaban J connectivity index is 1.44. The van der Waals surface area contributed by atoms with E-state index < -0.39 is 5.63 Å². The SMILES string of the molecule is Cc1cn2cc(-c3cc4ccc(CCN5CCC[C@@H]5CO)cc4oc3=O)nc2c(C)n1.